The molecule has 1 N–H and O–H groups in total. The average molecular weight is 340 g/mol. The minimum absolute atomic E-state index is 0.0655. The van der Waals surface area contributed by atoms with Gasteiger partial charge in [0.15, 0.2) is 0 Å². The van der Waals surface area contributed by atoms with Gasteiger partial charge in [0.05, 0.1) is 12.1 Å². The predicted octanol–water partition coefficient (Wildman–Crippen LogP) is 1.36. The fourth-order valence-electron chi connectivity index (χ4n) is 1.85. The van der Waals surface area contributed by atoms with Crippen LogP contribution < -0.4 is 5.56 Å². The maximum Gasteiger partial charge on any atom is 0.304 e. The van der Waals surface area contributed by atoms with Gasteiger partial charge in [-0.25, -0.2) is 4.98 Å². The number of carboxylic acid groups (broad SMARTS) is 1. The van der Waals surface area contributed by atoms with Gasteiger partial charge in [-0.3, -0.25) is 18.9 Å². The Hall–Kier alpha value is -1.73. The highest BCUT2D eigenvalue weighted by Gasteiger charge is 2.07. The largest absolute Gasteiger partial charge is 0.481 e. The molecule has 2 aromatic rings. The molecule has 0 fully saturated rings. The van der Waals surface area contributed by atoms with Crippen LogP contribution in [0.1, 0.15) is 12.1 Å². The van der Waals surface area contributed by atoms with Crippen molar-refractivity contribution in [3.05, 3.63) is 44.9 Å². The number of rotatable bonds is 5. The summed E-state index contributed by atoms with van der Waals surface area (Å²) >= 11 is 3.31. The van der Waals surface area contributed by atoms with Gasteiger partial charge < -0.3 is 5.11 Å². The first-order valence-corrected chi connectivity index (χ1v) is 6.83. The zero-order valence-corrected chi connectivity index (χ0v) is 12.5. The van der Waals surface area contributed by atoms with E-state index in [4.69, 9.17) is 5.11 Å². The van der Waals surface area contributed by atoms with Crippen LogP contribution in [0, 0.1) is 0 Å². The van der Waals surface area contributed by atoms with Gasteiger partial charge in [0.2, 0.25) is 0 Å². The summed E-state index contributed by atoms with van der Waals surface area (Å²) in [5.41, 5.74) is 1.05. The Bertz CT molecular complexity index is 699. The first-order chi connectivity index (χ1) is 9.45. The van der Waals surface area contributed by atoms with E-state index in [1.165, 1.54) is 10.5 Å². The maximum absolute atomic E-state index is 12.0. The fourth-order valence-corrected chi connectivity index (χ4v) is 2.19. The molecule has 0 atom stereocenters. The fraction of sp³-hybridized carbons (Fsp3) is 0.308. The van der Waals surface area contributed by atoms with Crippen molar-refractivity contribution in [2.75, 3.05) is 13.6 Å². The number of pyridine rings is 1. The molecular formula is C13H14BrN3O3. The first-order valence-electron chi connectivity index (χ1n) is 6.04. The predicted molar refractivity (Wildman–Crippen MR) is 77.7 cm³/mol. The van der Waals surface area contributed by atoms with Crippen LogP contribution in [-0.2, 0) is 11.3 Å². The monoisotopic (exact) mass is 339 g/mol. The lowest BCUT2D eigenvalue weighted by Crippen LogP contribution is -2.24. The third-order valence-electron chi connectivity index (χ3n) is 2.82. The van der Waals surface area contributed by atoms with Gasteiger partial charge in [-0.05, 0) is 35.1 Å². The molecule has 0 saturated heterocycles. The summed E-state index contributed by atoms with van der Waals surface area (Å²) in [4.78, 5) is 28.7. The summed E-state index contributed by atoms with van der Waals surface area (Å²) in [6.07, 6.45) is 1.73. The molecule has 0 bridgehead atoms. The molecule has 2 aromatic heterocycles. The van der Waals surface area contributed by atoms with Crippen LogP contribution in [0.4, 0.5) is 0 Å². The van der Waals surface area contributed by atoms with E-state index in [0.29, 0.717) is 24.4 Å². The molecule has 2 heterocycles. The van der Waals surface area contributed by atoms with Gasteiger partial charge in [0.1, 0.15) is 5.65 Å². The molecule has 0 unspecified atom stereocenters. The van der Waals surface area contributed by atoms with Crippen molar-refractivity contribution in [1.29, 1.82) is 0 Å². The molecule has 0 amide bonds. The molecular weight excluding hydrogens is 326 g/mol. The molecule has 0 aromatic carbocycles. The third-order valence-corrected chi connectivity index (χ3v) is 3.28. The molecule has 106 valence electrons. The number of halogens is 1. The van der Waals surface area contributed by atoms with Gasteiger partial charge in [-0.15, -0.1) is 0 Å². The lowest BCUT2D eigenvalue weighted by Gasteiger charge is -2.15. The van der Waals surface area contributed by atoms with Crippen LogP contribution in [-0.4, -0.2) is 39.0 Å². The zero-order valence-electron chi connectivity index (χ0n) is 10.9. The van der Waals surface area contributed by atoms with E-state index in [-0.39, 0.29) is 12.0 Å². The molecule has 0 radical (unpaired) electrons. The topological polar surface area (TPSA) is 74.9 Å². The number of carboxylic acids is 1. The summed E-state index contributed by atoms with van der Waals surface area (Å²) in [6.45, 7) is 0.853. The summed E-state index contributed by atoms with van der Waals surface area (Å²) < 4.78 is 2.27. The van der Waals surface area contributed by atoms with Crippen LogP contribution in [0.15, 0.2) is 33.7 Å². The van der Waals surface area contributed by atoms with E-state index < -0.39 is 5.97 Å². The highest BCUT2D eigenvalue weighted by atomic mass is 79.9. The molecule has 0 aliphatic carbocycles. The summed E-state index contributed by atoms with van der Waals surface area (Å²) in [5.74, 6) is -0.840. The molecule has 0 spiro atoms. The van der Waals surface area contributed by atoms with Crippen molar-refractivity contribution in [2.24, 2.45) is 0 Å². The molecule has 2 rings (SSSR count). The number of nitrogens with zero attached hydrogens (tertiary/aromatic N) is 3. The Morgan fingerprint density at radius 1 is 1.50 bits per heavy atom. The van der Waals surface area contributed by atoms with Gasteiger partial charge in [-0.1, -0.05) is 0 Å². The highest BCUT2D eigenvalue weighted by molar-refractivity contribution is 9.10. The van der Waals surface area contributed by atoms with Crippen LogP contribution in [0.5, 0.6) is 0 Å². The minimum Gasteiger partial charge on any atom is -0.481 e. The van der Waals surface area contributed by atoms with Crippen LogP contribution >= 0.6 is 15.9 Å². The van der Waals surface area contributed by atoms with Crippen LogP contribution in [0.25, 0.3) is 5.65 Å². The van der Waals surface area contributed by atoms with Gasteiger partial charge in [0, 0.05) is 29.8 Å². The van der Waals surface area contributed by atoms with Crippen molar-refractivity contribution in [1.82, 2.24) is 14.3 Å². The standard InChI is InChI=1S/C13H14BrN3O3/c1-16(5-4-13(19)20)8-10-6-12(18)17-7-9(14)2-3-11(17)15-10/h2-3,6-7H,4-5,8H2,1H3,(H,19,20). The van der Waals surface area contributed by atoms with Crippen molar-refractivity contribution in [3.8, 4) is 0 Å². The minimum atomic E-state index is -0.840. The van der Waals surface area contributed by atoms with Crippen molar-refractivity contribution >= 4 is 27.5 Å². The van der Waals surface area contributed by atoms with Crippen LogP contribution in [0.3, 0.4) is 0 Å². The number of aliphatic carboxylic acids is 1. The summed E-state index contributed by atoms with van der Waals surface area (Å²) in [7, 11) is 1.80. The van der Waals surface area contributed by atoms with E-state index in [9.17, 15) is 9.59 Å². The Morgan fingerprint density at radius 3 is 2.95 bits per heavy atom. The third kappa shape index (κ3) is 3.64. The lowest BCUT2D eigenvalue weighted by molar-refractivity contribution is -0.137. The van der Waals surface area contributed by atoms with E-state index in [1.807, 2.05) is 11.0 Å². The summed E-state index contributed by atoms with van der Waals surface area (Å²) in [6, 6.07) is 5.04. The maximum atomic E-state index is 12.0. The second-order valence-electron chi connectivity index (χ2n) is 4.54. The molecule has 0 saturated carbocycles. The smallest absolute Gasteiger partial charge is 0.304 e. The Labute approximate surface area is 123 Å². The van der Waals surface area contributed by atoms with E-state index >= 15 is 0 Å². The number of carbonyl (C=O) groups is 1. The average Bonchev–Trinajstić information content (AvgIpc) is 2.37. The van der Waals surface area contributed by atoms with E-state index in [2.05, 4.69) is 20.9 Å². The molecule has 7 heteroatoms. The van der Waals surface area contributed by atoms with Crippen molar-refractivity contribution < 1.29 is 9.90 Å². The lowest BCUT2D eigenvalue weighted by atomic mass is 10.3. The highest BCUT2D eigenvalue weighted by Crippen LogP contribution is 2.10. The number of fused-ring (bicyclic) bond motifs is 1. The normalized spacial score (nSPS) is 11.2. The SMILES string of the molecule is CN(CCC(=O)O)Cc1cc(=O)n2cc(Br)ccc2n1. The second-order valence-corrected chi connectivity index (χ2v) is 5.46. The second kappa shape index (κ2) is 6.15. The zero-order chi connectivity index (χ0) is 14.7. The van der Waals surface area contributed by atoms with E-state index in [1.54, 1.807) is 19.3 Å². The van der Waals surface area contributed by atoms with Crippen molar-refractivity contribution in [3.63, 3.8) is 0 Å². The molecule has 0 aliphatic heterocycles. The summed E-state index contributed by atoms with van der Waals surface area (Å²) in [5, 5.41) is 8.64. The number of hydrogen-bond acceptors (Lipinski definition) is 4. The van der Waals surface area contributed by atoms with Crippen molar-refractivity contribution in [2.45, 2.75) is 13.0 Å². The quantitative estimate of drug-likeness (QED) is 0.890. The molecule has 0 aliphatic rings. The van der Waals surface area contributed by atoms with E-state index in [0.717, 1.165) is 4.47 Å². The Balaban J connectivity index is 2.21. The van der Waals surface area contributed by atoms with Crippen LogP contribution in [0.2, 0.25) is 0 Å². The first kappa shape index (κ1) is 14.7. The Morgan fingerprint density at radius 2 is 2.25 bits per heavy atom. The molecule has 6 nitrogen and oxygen atoms in total. The van der Waals surface area contributed by atoms with Gasteiger partial charge in [-0.2, -0.15) is 0 Å². The number of hydrogen-bond donors (Lipinski definition) is 1. The van der Waals surface area contributed by atoms with Gasteiger partial charge in [0.25, 0.3) is 5.56 Å². The number of aromatic nitrogens is 2. The Kier molecular flexibility index (Phi) is 4.51. The molecule has 20 heavy (non-hydrogen) atoms. The van der Waals surface area contributed by atoms with Gasteiger partial charge >= 0.3 is 5.97 Å².